The quantitative estimate of drug-likeness (QED) is 0.528. The van der Waals surface area contributed by atoms with Crippen LogP contribution in [0.5, 0.6) is 11.5 Å². The highest BCUT2D eigenvalue weighted by molar-refractivity contribution is 6.17. The normalized spacial score (nSPS) is 10.6. The molecule has 0 saturated heterocycles. The second-order valence-electron chi connectivity index (χ2n) is 5.86. The van der Waals surface area contributed by atoms with Crippen LogP contribution < -0.4 is 10.5 Å². The number of anilines is 1. The summed E-state index contributed by atoms with van der Waals surface area (Å²) >= 11 is 0. The van der Waals surface area contributed by atoms with Gasteiger partial charge in [-0.3, -0.25) is 4.79 Å². The monoisotopic (exact) mass is 373 g/mol. The molecule has 0 aliphatic carbocycles. The van der Waals surface area contributed by atoms with Crippen LogP contribution >= 0.6 is 0 Å². The molecule has 0 saturated carbocycles. The van der Waals surface area contributed by atoms with Crippen molar-refractivity contribution in [3.63, 3.8) is 0 Å². The van der Waals surface area contributed by atoms with E-state index in [1.807, 2.05) is 6.07 Å². The van der Waals surface area contributed by atoms with E-state index in [0.29, 0.717) is 11.0 Å². The Morgan fingerprint density at radius 2 is 2.00 bits per heavy atom. The number of nitrogens with zero attached hydrogens (tertiary/aromatic N) is 3. The summed E-state index contributed by atoms with van der Waals surface area (Å²) in [4.78, 5) is 23.9. The summed E-state index contributed by atoms with van der Waals surface area (Å²) < 4.78 is 19.1. The first-order chi connectivity index (χ1) is 13.6. The van der Waals surface area contributed by atoms with Crippen LogP contribution in [0.1, 0.15) is 21.6 Å². The molecule has 8 heteroatoms. The molecule has 0 fully saturated rings. The Bertz CT molecular complexity index is 1240. The highest BCUT2D eigenvalue weighted by atomic mass is 19.1. The Kier molecular flexibility index (Phi) is 4.18. The number of hydrogen-bond acceptors (Lipinski definition) is 6. The smallest absolute Gasteiger partial charge is 0.213 e. The lowest BCUT2D eigenvalue weighted by Crippen LogP contribution is -2.05. The zero-order chi connectivity index (χ0) is 19.7. The van der Waals surface area contributed by atoms with E-state index in [1.165, 1.54) is 42.9 Å². The van der Waals surface area contributed by atoms with Gasteiger partial charge in [0, 0.05) is 12.4 Å². The fraction of sp³-hybridized carbons (Fsp3) is 0. The minimum Gasteiger partial charge on any atom is -0.453 e. The molecule has 0 amide bonds. The van der Waals surface area contributed by atoms with E-state index in [2.05, 4.69) is 15.0 Å². The number of benzene rings is 1. The van der Waals surface area contributed by atoms with E-state index < -0.39 is 11.6 Å². The number of carbonyl (C=O) groups is 1. The molecule has 3 N–H and O–H groups in total. The number of aromatic amines is 1. The summed E-state index contributed by atoms with van der Waals surface area (Å²) in [6.45, 7) is 0. The molecule has 0 aliphatic rings. The summed E-state index contributed by atoms with van der Waals surface area (Å²) in [6.07, 6.45) is 4.15. The number of pyridine rings is 2. The van der Waals surface area contributed by atoms with Crippen LogP contribution in [0.3, 0.4) is 0 Å². The first-order valence-electron chi connectivity index (χ1n) is 8.17. The first-order valence-corrected chi connectivity index (χ1v) is 8.17. The molecule has 0 bridgehead atoms. The average molecular weight is 373 g/mol. The summed E-state index contributed by atoms with van der Waals surface area (Å²) in [5.41, 5.74) is 7.17. The van der Waals surface area contributed by atoms with Crippen molar-refractivity contribution >= 4 is 22.5 Å². The van der Waals surface area contributed by atoms with Crippen molar-refractivity contribution in [2.75, 3.05) is 5.73 Å². The molecule has 0 radical (unpaired) electrons. The molecule has 28 heavy (non-hydrogen) atoms. The number of rotatable bonds is 4. The number of para-hydroxylation sites is 1. The fourth-order valence-corrected chi connectivity index (χ4v) is 2.76. The van der Waals surface area contributed by atoms with E-state index >= 15 is 0 Å². The maximum Gasteiger partial charge on any atom is 0.213 e. The van der Waals surface area contributed by atoms with Gasteiger partial charge in [0.25, 0.3) is 0 Å². The molecule has 4 rings (SSSR count). The van der Waals surface area contributed by atoms with Gasteiger partial charge >= 0.3 is 0 Å². The second-order valence-corrected chi connectivity index (χ2v) is 5.86. The standard InChI is InChI=1S/C20H12FN5O2/c21-14-3-1-2-4-16(14)28-12-5-6-15(24-9-12)19(27)13-10-26-20-17(13)18(23)11(7-22)8-25-20/h1-6,8-10H,(H3,23,25,26). The Hall–Kier alpha value is -4.25. The summed E-state index contributed by atoms with van der Waals surface area (Å²) in [5, 5.41) is 9.49. The van der Waals surface area contributed by atoms with E-state index in [4.69, 9.17) is 15.7 Å². The lowest BCUT2D eigenvalue weighted by molar-refractivity contribution is 0.103. The highest BCUT2D eigenvalue weighted by Crippen LogP contribution is 2.28. The number of fused-ring (bicyclic) bond motifs is 1. The topological polar surface area (TPSA) is 118 Å². The predicted octanol–water partition coefficient (Wildman–Crippen LogP) is 3.57. The maximum absolute atomic E-state index is 13.7. The molecule has 0 unspecified atom stereocenters. The SMILES string of the molecule is N#Cc1cnc2[nH]cc(C(=O)c3ccc(Oc4ccccc4F)cn3)c2c1N. The maximum atomic E-state index is 13.7. The van der Waals surface area contributed by atoms with Crippen LogP contribution in [0.25, 0.3) is 11.0 Å². The molecular formula is C20H12FN5O2. The van der Waals surface area contributed by atoms with E-state index in [9.17, 15) is 9.18 Å². The zero-order valence-electron chi connectivity index (χ0n) is 14.3. The van der Waals surface area contributed by atoms with Gasteiger partial charge in [-0.15, -0.1) is 0 Å². The number of nitrogen functional groups attached to an aromatic ring is 1. The zero-order valence-corrected chi connectivity index (χ0v) is 14.3. The van der Waals surface area contributed by atoms with Crippen LogP contribution in [-0.2, 0) is 0 Å². The highest BCUT2D eigenvalue weighted by Gasteiger charge is 2.19. The van der Waals surface area contributed by atoms with Crippen molar-refractivity contribution in [2.24, 2.45) is 0 Å². The van der Waals surface area contributed by atoms with Gasteiger partial charge < -0.3 is 15.5 Å². The van der Waals surface area contributed by atoms with Gasteiger partial charge in [0.1, 0.15) is 23.2 Å². The predicted molar refractivity (Wildman–Crippen MR) is 99.4 cm³/mol. The third-order valence-electron chi connectivity index (χ3n) is 4.14. The van der Waals surface area contributed by atoms with Crippen molar-refractivity contribution in [1.82, 2.24) is 15.0 Å². The molecule has 3 heterocycles. The van der Waals surface area contributed by atoms with Gasteiger partial charge in [-0.1, -0.05) is 12.1 Å². The number of nitrogens with one attached hydrogen (secondary N) is 1. The number of carbonyl (C=O) groups excluding carboxylic acids is 1. The van der Waals surface area contributed by atoms with Crippen LogP contribution in [0.2, 0.25) is 0 Å². The third-order valence-corrected chi connectivity index (χ3v) is 4.14. The Morgan fingerprint density at radius 3 is 2.71 bits per heavy atom. The van der Waals surface area contributed by atoms with Crippen LogP contribution in [0.4, 0.5) is 10.1 Å². The van der Waals surface area contributed by atoms with Crippen LogP contribution in [0.15, 0.2) is 55.0 Å². The van der Waals surface area contributed by atoms with Crippen molar-refractivity contribution in [3.8, 4) is 17.6 Å². The van der Waals surface area contributed by atoms with Crippen molar-refractivity contribution in [3.05, 3.63) is 77.6 Å². The minimum absolute atomic E-state index is 0.0582. The number of halogens is 1. The number of H-pyrrole nitrogens is 1. The number of ketones is 1. The Labute approximate surface area is 158 Å². The molecule has 136 valence electrons. The number of nitriles is 1. The summed E-state index contributed by atoms with van der Waals surface area (Å²) in [5.74, 6) is -0.554. The molecule has 0 spiro atoms. The Balaban J connectivity index is 1.65. The molecule has 1 aromatic carbocycles. The van der Waals surface area contributed by atoms with Gasteiger partial charge in [0.05, 0.1) is 28.4 Å². The van der Waals surface area contributed by atoms with E-state index in [1.54, 1.807) is 12.1 Å². The lowest BCUT2D eigenvalue weighted by atomic mass is 10.1. The molecule has 7 nitrogen and oxygen atoms in total. The first kappa shape index (κ1) is 17.2. The van der Waals surface area contributed by atoms with E-state index in [-0.39, 0.29) is 34.0 Å². The van der Waals surface area contributed by atoms with Gasteiger partial charge in [-0.05, 0) is 24.3 Å². The minimum atomic E-state index is -0.502. The van der Waals surface area contributed by atoms with Gasteiger partial charge in [-0.25, -0.2) is 14.4 Å². The average Bonchev–Trinajstić information content (AvgIpc) is 3.15. The second kappa shape index (κ2) is 6.81. The number of aromatic nitrogens is 3. The largest absolute Gasteiger partial charge is 0.453 e. The lowest BCUT2D eigenvalue weighted by Gasteiger charge is -2.07. The summed E-state index contributed by atoms with van der Waals surface area (Å²) in [6, 6.07) is 10.9. The molecule has 4 aromatic rings. The Morgan fingerprint density at radius 1 is 1.18 bits per heavy atom. The number of nitrogens with two attached hydrogens (primary N) is 1. The van der Waals surface area contributed by atoms with Crippen molar-refractivity contribution in [1.29, 1.82) is 5.26 Å². The third kappa shape index (κ3) is 2.91. The van der Waals surface area contributed by atoms with Gasteiger partial charge in [0.15, 0.2) is 11.6 Å². The van der Waals surface area contributed by atoms with Crippen molar-refractivity contribution < 1.29 is 13.9 Å². The van der Waals surface area contributed by atoms with Gasteiger partial charge in [0.2, 0.25) is 5.78 Å². The van der Waals surface area contributed by atoms with Gasteiger partial charge in [-0.2, -0.15) is 5.26 Å². The van der Waals surface area contributed by atoms with Crippen LogP contribution in [-0.4, -0.2) is 20.7 Å². The van der Waals surface area contributed by atoms with Crippen molar-refractivity contribution in [2.45, 2.75) is 0 Å². The number of hydrogen-bond donors (Lipinski definition) is 2. The molecular weight excluding hydrogens is 361 g/mol. The summed E-state index contributed by atoms with van der Waals surface area (Å²) in [7, 11) is 0. The molecule has 3 aromatic heterocycles. The molecule has 0 atom stereocenters. The van der Waals surface area contributed by atoms with Crippen LogP contribution in [0, 0.1) is 17.1 Å². The number of ether oxygens (including phenoxy) is 1. The fourth-order valence-electron chi connectivity index (χ4n) is 2.76. The molecule has 0 aliphatic heterocycles. The van der Waals surface area contributed by atoms with E-state index in [0.717, 1.165) is 0 Å².